The lowest BCUT2D eigenvalue weighted by molar-refractivity contribution is -0.150. The van der Waals surface area contributed by atoms with Crippen molar-refractivity contribution in [3.8, 4) is 0 Å². The lowest BCUT2D eigenvalue weighted by Gasteiger charge is -2.16. The van der Waals surface area contributed by atoms with Crippen molar-refractivity contribution >= 4 is 5.97 Å². The Balaban J connectivity index is 1.90. The summed E-state index contributed by atoms with van der Waals surface area (Å²) in [6.45, 7) is 1.83. The molecule has 0 fully saturated rings. The zero-order chi connectivity index (χ0) is 13.7. The zero-order valence-corrected chi connectivity index (χ0v) is 10.7. The molecule has 2 rings (SSSR count). The predicted molar refractivity (Wildman–Crippen MR) is 71.2 cm³/mol. The Kier molecular flexibility index (Phi) is 4.30. The van der Waals surface area contributed by atoms with Gasteiger partial charge in [-0.25, -0.2) is 4.98 Å². The number of aromatic nitrogens is 2. The normalized spacial score (nSPS) is 13.8. The Morgan fingerprint density at radius 3 is 2.79 bits per heavy atom. The van der Waals surface area contributed by atoms with Crippen LogP contribution in [0.1, 0.15) is 24.3 Å². The van der Waals surface area contributed by atoms with E-state index in [1.54, 1.807) is 12.5 Å². The summed E-state index contributed by atoms with van der Waals surface area (Å²) in [6, 6.07) is 8.87. The second-order valence-electron chi connectivity index (χ2n) is 4.38. The molecular formula is C14H17N3O2. The van der Waals surface area contributed by atoms with E-state index in [-0.39, 0.29) is 6.10 Å². The second kappa shape index (κ2) is 6.15. The molecule has 2 aromatic rings. The van der Waals surface area contributed by atoms with Crippen LogP contribution in [0.25, 0.3) is 0 Å². The van der Waals surface area contributed by atoms with Gasteiger partial charge in [0.2, 0.25) is 0 Å². The molecule has 0 bridgehead atoms. The molecule has 1 heterocycles. The van der Waals surface area contributed by atoms with Crippen molar-refractivity contribution in [2.24, 2.45) is 5.73 Å². The van der Waals surface area contributed by atoms with Gasteiger partial charge in [-0.1, -0.05) is 30.3 Å². The third-order valence-electron chi connectivity index (χ3n) is 2.86. The molecule has 3 N–H and O–H groups in total. The molecule has 1 aromatic heterocycles. The van der Waals surface area contributed by atoms with Crippen LogP contribution in [-0.2, 0) is 16.0 Å². The Hall–Kier alpha value is -2.14. The van der Waals surface area contributed by atoms with Gasteiger partial charge in [-0.2, -0.15) is 0 Å². The molecule has 19 heavy (non-hydrogen) atoms. The van der Waals surface area contributed by atoms with Gasteiger partial charge in [-0.3, -0.25) is 4.79 Å². The van der Waals surface area contributed by atoms with E-state index in [4.69, 9.17) is 10.5 Å². The minimum atomic E-state index is -0.688. The number of nitrogens with zero attached hydrogens (tertiary/aromatic N) is 1. The van der Waals surface area contributed by atoms with E-state index >= 15 is 0 Å². The molecule has 0 aliphatic rings. The first-order chi connectivity index (χ1) is 9.16. The molecule has 0 saturated carbocycles. The van der Waals surface area contributed by atoms with Crippen LogP contribution >= 0.6 is 0 Å². The van der Waals surface area contributed by atoms with Crippen molar-refractivity contribution in [3.63, 3.8) is 0 Å². The second-order valence-corrected chi connectivity index (χ2v) is 4.38. The molecule has 0 amide bonds. The number of ether oxygens (including phenoxy) is 1. The molecular weight excluding hydrogens is 242 g/mol. The van der Waals surface area contributed by atoms with Crippen LogP contribution in [-0.4, -0.2) is 22.0 Å². The molecule has 1 unspecified atom stereocenters. The average molecular weight is 259 g/mol. The Morgan fingerprint density at radius 2 is 2.16 bits per heavy atom. The summed E-state index contributed by atoms with van der Waals surface area (Å²) in [5.74, 6) is -0.411. The number of nitrogens with one attached hydrogen (secondary N) is 1. The van der Waals surface area contributed by atoms with Crippen molar-refractivity contribution in [3.05, 3.63) is 54.1 Å². The van der Waals surface area contributed by atoms with Crippen LogP contribution in [0.2, 0.25) is 0 Å². The van der Waals surface area contributed by atoms with Crippen molar-refractivity contribution in [1.29, 1.82) is 0 Å². The molecule has 0 aliphatic carbocycles. The number of nitrogens with two attached hydrogens (primary N) is 1. The fraction of sp³-hybridized carbons (Fsp3) is 0.286. The van der Waals surface area contributed by atoms with E-state index in [0.29, 0.717) is 6.42 Å². The quantitative estimate of drug-likeness (QED) is 0.799. The highest BCUT2D eigenvalue weighted by Crippen LogP contribution is 2.16. The van der Waals surface area contributed by atoms with Gasteiger partial charge < -0.3 is 15.5 Å². The van der Waals surface area contributed by atoms with Crippen LogP contribution in [0.15, 0.2) is 42.9 Å². The fourth-order valence-corrected chi connectivity index (χ4v) is 1.77. The first-order valence-corrected chi connectivity index (χ1v) is 6.15. The van der Waals surface area contributed by atoms with E-state index in [0.717, 1.165) is 11.3 Å². The maximum absolute atomic E-state index is 11.9. The number of carbonyl (C=O) groups is 1. The van der Waals surface area contributed by atoms with Crippen LogP contribution in [0.5, 0.6) is 0 Å². The van der Waals surface area contributed by atoms with Crippen molar-refractivity contribution < 1.29 is 9.53 Å². The van der Waals surface area contributed by atoms with Crippen molar-refractivity contribution in [1.82, 2.24) is 9.97 Å². The van der Waals surface area contributed by atoms with Crippen LogP contribution in [0, 0.1) is 0 Å². The molecule has 100 valence electrons. The third kappa shape index (κ3) is 3.66. The summed E-state index contributed by atoms with van der Waals surface area (Å²) < 4.78 is 5.35. The Labute approximate surface area is 111 Å². The summed E-state index contributed by atoms with van der Waals surface area (Å²) in [4.78, 5) is 18.7. The van der Waals surface area contributed by atoms with E-state index in [9.17, 15) is 4.79 Å². The number of esters is 1. The van der Waals surface area contributed by atoms with Crippen LogP contribution in [0.4, 0.5) is 0 Å². The Bertz CT molecular complexity index is 511. The van der Waals surface area contributed by atoms with Crippen molar-refractivity contribution in [2.45, 2.75) is 25.5 Å². The van der Waals surface area contributed by atoms with Gasteiger partial charge in [0, 0.05) is 18.3 Å². The maximum Gasteiger partial charge on any atom is 0.323 e. The van der Waals surface area contributed by atoms with Gasteiger partial charge in [-0.15, -0.1) is 0 Å². The first-order valence-electron chi connectivity index (χ1n) is 6.15. The number of H-pyrrole nitrogens is 1. The smallest absolute Gasteiger partial charge is 0.323 e. The van der Waals surface area contributed by atoms with E-state index in [1.165, 1.54) is 0 Å². The molecule has 0 saturated heterocycles. The highest BCUT2D eigenvalue weighted by molar-refractivity contribution is 5.76. The summed E-state index contributed by atoms with van der Waals surface area (Å²) in [5, 5.41) is 0. The molecule has 5 heteroatoms. The molecule has 0 spiro atoms. The number of carbonyl (C=O) groups excluding carboxylic acids is 1. The zero-order valence-electron chi connectivity index (χ0n) is 10.7. The largest absolute Gasteiger partial charge is 0.457 e. The van der Waals surface area contributed by atoms with Gasteiger partial charge in [-0.05, 0) is 12.5 Å². The molecule has 0 radical (unpaired) electrons. The number of aromatic amines is 1. The summed E-state index contributed by atoms with van der Waals surface area (Å²) in [7, 11) is 0. The maximum atomic E-state index is 11.9. The standard InChI is InChI=1S/C14H17N3O2/c1-10(11-5-3-2-4-6-11)19-14(18)13(15)7-12-8-16-9-17-12/h2-6,8-10,13H,7,15H2,1H3,(H,16,17)/t10?,13-/m1/s1. The number of hydrogen-bond acceptors (Lipinski definition) is 4. The van der Waals surface area contributed by atoms with Gasteiger partial charge in [0.1, 0.15) is 12.1 Å². The van der Waals surface area contributed by atoms with Crippen LogP contribution < -0.4 is 5.73 Å². The lowest BCUT2D eigenvalue weighted by atomic mass is 10.1. The van der Waals surface area contributed by atoms with Gasteiger partial charge in [0.25, 0.3) is 0 Å². The fourth-order valence-electron chi connectivity index (χ4n) is 1.77. The van der Waals surface area contributed by atoms with E-state index < -0.39 is 12.0 Å². The SMILES string of the molecule is CC(OC(=O)[C@H](N)Cc1cnc[nH]1)c1ccccc1. The first kappa shape index (κ1) is 13.3. The Morgan fingerprint density at radius 1 is 1.42 bits per heavy atom. The summed E-state index contributed by atoms with van der Waals surface area (Å²) >= 11 is 0. The van der Waals surface area contributed by atoms with Gasteiger partial charge >= 0.3 is 5.97 Å². The number of imidazole rings is 1. The molecule has 2 atom stereocenters. The number of benzene rings is 1. The predicted octanol–water partition coefficient (Wildman–Crippen LogP) is 1.58. The minimum Gasteiger partial charge on any atom is -0.457 e. The summed E-state index contributed by atoms with van der Waals surface area (Å²) in [5.41, 5.74) is 7.58. The lowest BCUT2D eigenvalue weighted by Crippen LogP contribution is -2.35. The van der Waals surface area contributed by atoms with Crippen molar-refractivity contribution in [2.75, 3.05) is 0 Å². The van der Waals surface area contributed by atoms with Gasteiger partial charge in [0.05, 0.1) is 6.33 Å². The highest BCUT2D eigenvalue weighted by atomic mass is 16.5. The van der Waals surface area contributed by atoms with E-state index in [2.05, 4.69) is 9.97 Å². The minimum absolute atomic E-state index is 0.304. The van der Waals surface area contributed by atoms with Gasteiger partial charge in [0.15, 0.2) is 0 Å². The molecule has 0 aliphatic heterocycles. The average Bonchev–Trinajstić information content (AvgIpc) is 2.92. The number of hydrogen-bond donors (Lipinski definition) is 2. The third-order valence-corrected chi connectivity index (χ3v) is 2.86. The van der Waals surface area contributed by atoms with Crippen LogP contribution in [0.3, 0.4) is 0 Å². The molecule has 5 nitrogen and oxygen atoms in total. The highest BCUT2D eigenvalue weighted by Gasteiger charge is 2.19. The monoisotopic (exact) mass is 259 g/mol. The summed E-state index contributed by atoms with van der Waals surface area (Å²) in [6.07, 6.45) is 3.29. The molecule has 1 aromatic carbocycles. The topological polar surface area (TPSA) is 81.0 Å². The number of rotatable bonds is 5. The van der Waals surface area contributed by atoms with E-state index in [1.807, 2.05) is 37.3 Å².